The van der Waals surface area contributed by atoms with Gasteiger partial charge in [-0.15, -0.1) is 24.0 Å². The number of benzene rings is 2. The van der Waals surface area contributed by atoms with Crippen LogP contribution >= 0.6 is 24.0 Å². The molecule has 0 heterocycles. The lowest BCUT2D eigenvalue weighted by Crippen LogP contribution is -2.41. The first kappa shape index (κ1) is 26.0. The number of hydrogen-bond acceptors (Lipinski definition) is 4. The number of nitrogens with zero attached hydrogens (tertiary/aromatic N) is 1. The average molecular weight is 554 g/mol. The summed E-state index contributed by atoms with van der Waals surface area (Å²) < 4.78 is 56.4. The van der Waals surface area contributed by atoms with Crippen LogP contribution in [-0.2, 0) is 16.6 Å². The second kappa shape index (κ2) is 12.6. The highest BCUT2D eigenvalue weighted by atomic mass is 127. The van der Waals surface area contributed by atoms with E-state index in [1.807, 2.05) is 6.92 Å². The maximum absolute atomic E-state index is 12.5. The van der Waals surface area contributed by atoms with Gasteiger partial charge in [0.1, 0.15) is 5.75 Å². The van der Waals surface area contributed by atoms with Gasteiger partial charge in [0.05, 0.1) is 4.90 Å². The van der Waals surface area contributed by atoms with Gasteiger partial charge in [0.25, 0.3) is 0 Å². The Balaban J connectivity index is 0.00000450. The standard InChI is InChI=1S/C19H24F2N4O3S.HI/c1-14-7-9-16(10-8-14)29(26,27)25-12-11-23-19(22-2)24-13-15-5-3-4-6-17(15)28-18(20)21;/h3-10,18,25H,11-13H2,1-2H3,(H2,22,23,24);1H. The van der Waals surface area contributed by atoms with E-state index >= 15 is 0 Å². The molecule has 11 heteroatoms. The first-order valence-corrected chi connectivity index (χ1v) is 10.3. The molecule has 0 aromatic heterocycles. The normalized spacial score (nSPS) is 11.7. The highest BCUT2D eigenvalue weighted by molar-refractivity contribution is 14.0. The summed E-state index contributed by atoms with van der Waals surface area (Å²) in [7, 11) is -2.04. The minimum atomic E-state index is -3.59. The topological polar surface area (TPSA) is 91.8 Å². The second-order valence-corrected chi connectivity index (χ2v) is 7.82. The lowest BCUT2D eigenvalue weighted by atomic mass is 10.2. The highest BCUT2D eigenvalue weighted by Gasteiger charge is 2.13. The monoisotopic (exact) mass is 554 g/mol. The minimum absolute atomic E-state index is 0. The fourth-order valence-electron chi connectivity index (χ4n) is 2.43. The Labute approximate surface area is 192 Å². The fourth-order valence-corrected chi connectivity index (χ4v) is 3.46. The number of ether oxygens (including phenoxy) is 1. The Hall–Kier alpha value is -1.99. The van der Waals surface area contributed by atoms with Crippen molar-refractivity contribution in [3.63, 3.8) is 0 Å². The number of rotatable bonds is 9. The lowest BCUT2D eigenvalue weighted by molar-refractivity contribution is -0.0504. The molecule has 0 amide bonds. The molecule has 2 rings (SSSR count). The molecule has 2 aromatic carbocycles. The van der Waals surface area contributed by atoms with Crippen molar-refractivity contribution >= 4 is 40.0 Å². The van der Waals surface area contributed by atoms with Gasteiger partial charge in [-0.3, -0.25) is 4.99 Å². The maximum Gasteiger partial charge on any atom is 0.387 e. The van der Waals surface area contributed by atoms with Gasteiger partial charge in [0.15, 0.2) is 5.96 Å². The summed E-state index contributed by atoms with van der Waals surface area (Å²) in [6.07, 6.45) is 0. The summed E-state index contributed by atoms with van der Waals surface area (Å²) in [6.45, 7) is -0.403. The van der Waals surface area contributed by atoms with Crippen LogP contribution in [-0.4, -0.2) is 41.1 Å². The van der Waals surface area contributed by atoms with E-state index in [1.165, 1.54) is 6.07 Å². The molecular weight excluding hydrogens is 529 g/mol. The molecule has 0 fully saturated rings. The van der Waals surface area contributed by atoms with E-state index in [4.69, 9.17) is 0 Å². The molecule has 0 saturated heterocycles. The Morgan fingerprint density at radius 1 is 1.07 bits per heavy atom. The van der Waals surface area contributed by atoms with Crippen LogP contribution in [0.5, 0.6) is 5.75 Å². The average Bonchev–Trinajstić information content (AvgIpc) is 2.68. The number of nitrogens with one attached hydrogen (secondary N) is 3. The molecule has 30 heavy (non-hydrogen) atoms. The van der Waals surface area contributed by atoms with Crippen molar-refractivity contribution in [3.05, 3.63) is 59.7 Å². The van der Waals surface area contributed by atoms with Gasteiger partial charge in [-0.25, -0.2) is 13.1 Å². The van der Waals surface area contributed by atoms with Gasteiger partial charge in [0.2, 0.25) is 10.0 Å². The number of aryl methyl sites for hydroxylation is 1. The van der Waals surface area contributed by atoms with E-state index in [0.717, 1.165) is 5.56 Å². The van der Waals surface area contributed by atoms with E-state index in [0.29, 0.717) is 11.5 Å². The Morgan fingerprint density at radius 2 is 1.73 bits per heavy atom. The summed E-state index contributed by atoms with van der Waals surface area (Å²) in [4.78, 5) is 4.22. The number of sulfonamides is 1. The van der Waals surface area contributed by atoms with Crippen LogP contribution in [0, 0.1) is 6.92 Å². The predicted octanol–water partition coefficient (Wildman–Crippen LogP) is 2.86. The maximum atomic E-state index is 12.5. The third-order valence-electron chi connectivity index (χ3n) is 3.90. The van der Waals surface area contributed by atoms with Crippen LogP contribution < -0.4 is 20.1 Å². The Morgan fingerprint density at radius 3 is 2.37 bits per heavy atom. The minimum Gasteiger partial charge on any atom is -0.434 e. The van der Waals surface area contributed by atoms with Crippen molar-refractivity contribution in [1.82, 2.24) is 15.4 Å². The molecule has 0 unspecified atom stereocenters. The zero-order valence-electron chi connectivity index (χ0n) is 16.6. The molecular formula is C19H25F2IN4O3S. The number of guanidine groups is 1. The van der Waals surface area contributed by atoms with E-state index in [1.54, 1.807) is 49.5 Å². The van der Waals surface area contributed by atoms with Crippen LogP contribution in [0.1, 0.15) is 11.1 Å². The van der Waals surface area contributed by atoms with Crippen LogP contribution in [0.25, 0.3) is 0 Å². The molecule has 3 N–H and O–H groups in total. The van der Waals surface area contributed by atoms with Crippen molar-refractivity contribution in [2.24, 2.45) is 4.99 Å². The lowest BCUT2D eigenvalue weighted by Gasteiger charge is -2.14. The van der Waals surface area contributed by atoms with Crippen molar-refractivity contribution < 1.29 is 21.9 Å². The first-order chi connectivity index (χ1) is 13.8. The smallest absolute Gasteiger partial charge is 0.387 e. The van der Waals surface area contributed by atoms with E-state index in [-0.39, 0.29) is 54.3 Å². The van der Waals surface area contributed by atoms with Crippen molar-refractivity contribution in [1.29, 1.82) is 0 Å². The van der Waals surface area contributed by atoms with Gasteiger partial charge < -0.3 is 15.4 Å². The van der Waals surface area contributed by atoms with E-state index in [2.05, 4.69) is 25.1 Å². The summed E-state index contributed by atoms with van der Waals surface area (Å²) in [5.41, 5.74) is 1.51. The molecule has 0 aliphatic carbocycles. The van der Waals surface area contributed by atoms with Crippen LogP contribution in [0.2, 0.25) is 0 Å². The highest BCUT2D eigenvalue weighted by Crippen LogP contribution is 2.19. The molecule has 166 valence electrons. The van der Waals surface area contributed by atoms with Crippen molar-refractivity contribution in [2.75, 3.05) is 20.1 Å². The van der Waals surface area contributed by atoms with Crippen LogP contribution in [0.15, 0.2) is 58.4 Å². The molecule has 0 aliphatic rings. The van der Waals surface area contributed by atoms with Gasteiger partial charge in [-0.1, -0.05) is 35.9 Å². The summed E-state index contributed by atoms with van der Waals surface area (Å²) in [5.74, 6) is 0.475. The molecule has 0 spiro atoms. The van der Waals surface area contributed by atoms with Crippen LogP contribution in [0.4, 0.5) is 8.78 Å². The summed E-state index contributed by atoms with van der Waals surface area (Å²) in [5, 5.41) is 5.93. The van der Waals surface area contributed by atoms with Gasteiger partial charge >= 0.3 is 6.61 Å². The number of hydrogen-bond donors (Lipinski definition) is 3. The largest absolute Gasteiger partial charge is 0.434 e. The van der Waals surface area contributed by atoms with Gasteiger partial charge in [-0.2, -0.15) is 8.78 Å². The molecule has 0 radical (unpaired) electrons. The SMILES string of the molecule is CN=C(NCCNS(=O)(=O)c1ccc(C)cc1)NCc1ccccc1OC(F)F.I. The van der Waals surface area contributed by atoms with Crippen LogP contribution in [0.3, 0.4) is 0 Å². The number of alkyl halides is 2. The molecule has 0 aliphatic heterocycles. The summed E-state index contributed by atoms with van der Waals surface area (Å²) in [6, 6.07) is 13.0. The number of aliphatic imine (C=N–C) groups is 1. The van der Waals surface area contributed by atoms with E-state index < -0.39 is 16.6 Å². The Kier molecular flexibility index (Phi) is 11.0. The summed E-state index contributed by atoms with van der Waals surface area (Å²) >= 11 is 0. The zero-order valence-corrected chi connectivity index (χ0v) is 19.7. The predicted molar refractivity (Wildman–Crippen MR) is 123 cm³/mol. The first-order valence-electron chi connectivity index (χ1n) is 8.85. The number of para-hydroxylation sites is 1. The molecule has 0 bridgehead atoms. The van der Waals surface area contributed by atoms with Crippen molar-refractivity contribution in [2.45, 2.75) is 25.0 Å². The Bertz CT molecular complexity index is 926. The van der Waals surface area contributed by atoms with Crippen molar-refractivity contribution in [3.8, 4) is 5.75 Å². The van der Waals surface area contributed by atoms with E-state index in [9.17, 15) is 17.2 Å². The molecule has 0 atom stereocenters. The molecule has 0 saturated carbocycles. The third-order valence-corrected chi connectivity index (χ3v) is 5.38. The fraction of sp³-hybridized carbons (Fsp3) is 0.316. The quantitative estimate of drug-likeness (QED) is 0.192. The third kappa shape index (κ3) is 8.40. The molecule has 2 aromatic rings. The second-order valence-electron chi connectivity index (χ2n) is 6.05. The van der Waals surface area contributed by atoms with Gasteiger partial charge in [0, 0.05) is 32.2 Å². The number of halogens is 3. The molecule has 7 nitrogen and oxygen atoms in total. The van der Waals surface area contributed by atoms with Gasteiger partial charge in [-0.05, 0) is 25.1 Å². The zero-order chi connectivity index (χ0) is 21.3.